The molecule has 0 spiro atoms. The number of carbonyl (C=O) groups excluding carboxylic acids is 2. The minimum Gasteiger partial charge on any atom is -0.468 e. The van der Waals surface area contributed by atoms with E-state index in [2.05, 4.69) is 0 Å². The topological polar surface area (TPSA) is 66.9 Å². The summed E-state index contributed by atoms with van der Waals surface area (Å²) in [5.74, 6) is -0.0121. The maximum absolute atomic E-state index is 12.9. The van der Waals surface area contributed by atoms with E-state index in [1.165, 1.54) is 7.11 Å². The molecular formula is C22H25ClN2O4S. The molecule has 3 rings (SSSR count). The van der Waals surface area contributed by atoms with Crippen molar-refractivity contribution in [1.29, 1.82) is 0 Å². The molecule has 1 amide bonds. The van der Waals surface area contributed by atoms with Gasteiger partial charge in [0, 0.05) is 59.6 Å². The van der Waals surface area contributed by atoms with Crippen LogP contribution in [0.3, 0.4) is 0 Å². The van der Waals surface area contributed by atoms with Crippen LogP contribution in [-0.2, 0) is 26.1 Å². The molecule has 1 fully saturated rings. The van der Waals surface area contributed by atoms with Gasteiger partial charge in [-0.1, -0.05) is 41.9 Å². The van der Waals surface area contributed by atoms with Crippen molar-refractivity contribution in [3.05, 3.63) is 70.2 Å². The summed E-state index contributed by atoms with van der Waals surface area (Å²) in [6, 6.07) is 13.9. The van der Waals surface area contributed by atoms with Crippen molar-refractivity contribution >= 4 is 34.3 Å². The lowest BCUT2D eigenvalue weighted by atomic mass is 10.0. The molecule has 2 aromatic rings. The predicted molar refractivity (Wildman–Crippen MR) is 118 cm³/mol. The maximum atomic E-state index is 12.9. The van der Waals surface area contributed by atoms with Gasteiger partial charge in [-0.05, 0) is 29.3 Å². The molecule has 1 saturated heterocycles. The number of piperazine rings is 1. The van der Waals surface area contributed by atoms with E-state index in [1.54, 1.807) is 29.4 Å². The van der Waals surface area contributed by atoms with Crippen LogP contribution in [0.2, 0.25) is 5.02 Å². The third-order valence-electron chi connectivity index (χ3n) is 5.13. The summed E-state index contributed by atoms with van der Waals surface area (Å²) in [7, 11) is 0.399. The Labute approximate surface area is 184 Å². The zero-order valence-corrected chi connectivity index (χ0v) is 18.6. The van der Waals surface area contributed by atoms with E-state index < -0.39 is 16.8 Å². The molecule has 30 heavy (non-hydrogen) atoms. The Morgan fingerprint density at radius 3 is 2.43 bits per heavy atom. The standard InChI is InChI=1S/C22H25ClN2O4S/c1-29-22(27)20(18-8-3-4-9-19(18)23)24-10-12-25(13-11-24)21(26)17-7-5-6-16(14-17)15-30(2)28/h3-9,14,20H,10-13,15H2,1-2H3. The molecule has 0 bridgehead atoms. The fourth-order valence-electron chi connectivity index (χ4n) is 3.68. The normalized spacial score (nSPS) is 16.7. The molecule has 1 heterocycles. The Balaban J connectivity index is 1.71. The van der Waals surface area contributed by atoms with Crippen molar-refractivity contribution in [3.63, 3.8) is 0 Å². The van der Waals surface area contributed by atoms with Crippen molar-refractivity contribution in [1.82, 2.24) is 9.80 Å². The van der Waals surface area contributed by atoms with Gasteiger partial charge >= 0.3 is 5.97 Å². The Morgan fingerprint density at radius 1 is 1.10 bits per heavy atom. The Bertz CT molecular complexity index is 944. The monoisotopic (exact) mass is 448 g/mol. The molecule has 2 aromatic carbocycles. The molecule has 1 aliphatic heterocycles. The summed E-state index contributed by atoms with van der Waals surface area (Å²) >= 11 is 6.33. The van der Waals surface area contributed by atoms with E-state index in [9.17, 15) is 13.8 Å². The number of rotatable bonds is 6. The van der Waals surface area contributed by atoms with E-state index in [4.69, 9.17) is 16.3 Å². The first-order chi connectivity index (χ1) is 14.4. The molecule has 0 aromatic heterocycles. The number of amides is 1. The Hall–Kier alpha value is -2.22. The van der Waals surface area contributed by atoms with Crippen LogP contribution in [0.25, 0.3) is 0 Å². The molecule has 6 nitrogen and oxygen atoms in total. The number of nitrogens with zero attached hydrogens (tertiary/aromatic N) is 2. The Kier molecular flexibility index (Phi) is 7.64. The molecule has 0 radical (unpaired) electrons. The number of esters is 1. The SMILES string of the molecule is COC(=O)C(c1ccccc1Cl)N1CCN(C(=O)c2cccc(CS(C)=O)c2)CC1. The summed E-state index contributed by atoms with van der Waals surface area (Å²) in [6.45, 7) is 2.02. The lowest BCUT2D eigenvalue weighted by molar-refractivity contribution is -0.148. The van der Waals surface area contributed by atoms with E-state index in [-0.39, 0.29) is 11.9 Å². The average Bonchev–Trinajstić information content (AvgIpc) is 2.75. The summed E-state index contributed by atoms with van der Waals surface area (Å²) in [5, 5.41) is 0.511. The molecular weight excluding hydrogens is 424 g/mol. The highest BCUT2D eigenvalue weighted by atomic mass is 35.5. The van der Waals surface area contributed by atoms with E-state index in [0.717, 1.165) is 5.56 Å². The third kappa shape index (κ3) is 5.28. The number of carbonyl (C=O) groups is 2. The average molecular weight is 449 g/mol. The minimum atomic E-state index is -0.965. The van der Waals surface area contributed by atoms with Gasteiger partial charge < -0.3 is 9.64 Å². The molecule has 160 valence electrons. The van der Waals surface area contributed by atoms with E-state index in [1.807, 2.05) is 35.2 Å². The van der Waals surface area contributed by atoms with Gasteiger partial charge in [0.25, 0.3) is 5.91 Å². The Morgan fingerprint density at radius 2 is 1.80 bits per heavy atom. The second kappa shape index (κ2) is 10.2. The van der Waals surface area contributed by atoms with Gasteiger partial charge in [-0.2, -0.15) is 0 Å². The molecule has 1 aliphatic rings. The molecule has 0 saturated carbocycles. The van der Waals surface area contributed by atoms with Gasteiger partial charge in [-0.15, -0.1) is 0 Å². The molecule has 0 aliphatic carbocycles. The van der Waals surface area contributed by atoms with Crippen LogP contribution < -0.4 is 0 Å². The zero-order valence-electron chi connectivity index (χ0n) is 17.0. The van der Waals surface area contributed by atoms with Crippen LogP contribution in [0.5, 0.6) is 0 Å². The van der Waals surface area contributed by atoms with Crippen molar-refractivity contribution < 1.29 is 18.5 Å². The maximum Gasteiger partial charge on any atom is 0.327 e. The molecule has 0 N–H and O–H groups in total. The second-order valence-corrected chi connectivity index (χ2v) is 9.04. The van der Waals surface area contributed by atoms with Crippen LogP contribution in [0, 0.1) is 0 Å². The van der Waals surface area contributed by atoms with Gasteiger partial charge in [0.2, 0.25) is 0 Å². The smallest absolute Gasteiger partial charge is 0.327 e. The summed E-state index contributed by atoms with van der Waals surface area (Å²) in [4.78, 5) is 29.2. The third-order valence-corrected chi connectivity index (χ3v) is 6.22. The van der Waals surface area contributed by atoms with Gasteiger partial charge in [0.15, 0.2) is 0 Å². The van der Waals surface area contributed by atoms with Crippen molar-refractivity contribution in [2.24, 2.45) is 0 Å². The molecule has 8 heteroatoms. The quantitative estimate of drug-likeness (QED) is 0.636. The summed E-state index contributed by atoms with van der Waals surface area (Å²) < 4.78 is 16.5. The van der Waals surface area contributed by atoms with Gasteiger partial charge in [0.1, 0.15) is 6.04 Å². The molecule has 2 unspecified atom stereocenters. The lowest BCUT2D eigenvalue weighted by Gasteiger charge is -2.38. The van der Waals surface area contributed by atoms with E-state index >= 15 is 0 Å². The number of halogens is 1. The zero-order chi connectivity index (χ0) is 21.7. The van der Waals surface area contributed by atoms with Crippen molar-refractivity contribution in [2.75, 3.05) is 39.5 Å². The van der Waals surface area contributed by atoms with Crippen LogP contribution in [0.15, 0.2) is 48.5 Å². The fraction of sp³-hybridized carbons (Fsp3) is 0.364. The second-order valence-electron chi connectivity index (χ2n) is 7.19. The van der Waals surface area contributed by atoms with Crippen LogP contribution in [-0.4, -0.2) is 65.4 Å². The summed E-state index contributed by atoms with van der Waals surface area (Å²) in [5.41, 5.74) is 2.16. The highest BCUT2D eigenvalue weighted by molar-refractivity contribution is 7.83. The highest BCUT2D eigenvalue weighted by Gasteiger charge is 2.33. The first kappa shape index (κ1) is 22.5. The van der Waals surface area contributed by atoms with Gasteiger partial charge in [-0.3, -0.25) is 13.9 Å². The first-order valence-corrected chi connectivity index (χ1v) is 11.8. The minimum absolute atomic E-state index is 0.0641. The highest BCUT2D eigenvalue weighted by Crippen LogP contribution is 2.29. The number of ether oxygens (including phenoxy) is 1. The van der Waals surface area contributed by atoms with Crippen LogP contribution >= 0.6 is 11.6 Å². The van der Waals surface area contributed by atoms with Crippen LogP contribution in [0.1, 0.15) is 27.5 Å². The number of methoxy groups -OCH3 is 1. The lowest BCUT2D eigenvalue weighted by Crippen LogP contribution is -2.51. The first-order valence-electron chi connectivity index (χ1n) is 9.65. The van der Waals surface area contributed by atoms with E-state index in [0.29, 0.717) is 48.1 Å². The predicted octanol–water partition coefficient (Wildman–Crippen LogP) is 2.89. The van der Waals surface area contributed by atoms with Crippen molar-refractivity contribution in [2.45, 2.75) is 11.8 Å². The summed E-state index contributed by atoms with van der Waals surface area (Å²) in [6.07, 6.45) is 1.64. The van der Waals surface area contributed by atoms with Crippen LogP contribution in [0.4, 0.5) is 0 Å². The number of hydrogen-bond donors (Lipinski definition) is 0. The van der Waals surface area contributed by atoms with Crippen molar-refractivity contribution in [3.8, 4) is 0 Å². The largest absolute Gasteiger partial charge is 0.468 e. The number of benzene rings is 2. The molecule has 2 atom stereocenters. The fourth-order valence-corrected chi connectivity index (χ4v) is 4.56. The number of hydrogen-bond acceptors (Lipinski definition) is 5. The van der Waals surface area contributed by atoms with Gasteiger partial charge in [0.05, 0.1) is 7.11 Å². The van der Waals surface area contributed by atoms with Gasteiger partial charge in [-0.25, -0.2) is 4.79 Å².